The molecule has 7 nitrogen and oxygen atoms in total. The molecule has 0 unspecified atom stereocenters. The van der Waals surface area contributed by atoms with E-state index in [0.717, 1.165) is 44.0 Å². The van der Waals surface area contributed by atoms with Gasteiger partial charge in [-0.25, -0.2) is 4.39 Å². The van der Waals surface area contributed by atoms with Gasteiger partial charge in [-0.2, -0.15) is 0 Å². The summed E-state index contributed by atoms with van der Waals surface area (Å²) in [7, 11) is 3.31. The molecule has 0 aromatic heterocycles. The number of piperazine rings is 1. The topological polar surface area (TPSA) is 61.4 Å². The number of ether oxygens (including phenoxy) is 2. The summed E-state index contributed by atoms with van der Waals surface area (Å²) in [5.41, 5.74) is 2.34. The molecule has 1 heterocycles. The highest BCUT2D eigenvalue weighted by molar-refractivity contribution is 5.93. The van der Waals surface area contributed by atoms with E-state index in [-0.39, 0.29) is 5.82 Å². The van der Waals surface area contributed by atoms with Crippen molar-refractivity contribution < 1.29 is 13.9 Å². The minimum absolute atomic E-state index is 0.186. The molecule has 0 radical (unpaired) electrons. The number of hydrogen-bond acceptors (Lipinski definition) is 5. The number of halogens is 1. The number of anilines is 2. The Kier molecular flexibility index (Phi) is 8.56. The molecule has 1 aliphatic rings. The Bertz CT molecular complexity index is 913. The van der Waals surface area contributed by atoms with Crippen LogP contribution in [0.3, 0.4) is 0 Å². The maximum absolute atomic E-state index is 14.8. The van der Waals surface area contributed by atoms with Gasteiger partial charge in [0, 0.05) is 51.5 Å². The number of methoxy groups -OCH3 is 1. The van der Waals surface area contributed by atoms with Crippen molar-refractivity contribution in [1.29, 1.82) is 0 Å². The highest BCUT2D eigenvalue weighted by Crippen LogP contribution is 2.30. The Labute approximate surface area is 190 Å². The molecule has 0 atom stereocenters. The number of nitrogens with one attached hydrogen (secondary N) is 2. The molecule has 0 saturated carbocycles. The van der Waals surface area contributed by atoms with Gasteiger partial charge in [0.2, 0.25) is 0 Å². The molecule has 2 aromatic carbocycles. The summed E-state index contributed by atoms with van der Waals surface area (Å²) in [4.78, 5) is 8.77. The predicted octanol–water partition coefficient (Wildman–Crippen LogP) is 3.56. The Morgan fingerprint density at radius 3 is 2.47 bits per heavy atom. The fraction of sp³-hybridized carbons (Fsp3) is 0.458. The van der Waals surface area contributed by atoms with Crippen LogP contribution in [0.1, 0.15) is 19.4 Å². The molecule has 1 fully saturated rings. The molecule has 2 N–H and O–H groups in total. The minimum atomic E-state index is -0.186. The van der Waals surface area contributed by atoms with Crippen molar-refractivity contribution in [1.82, 2.24) is 10.2 Å². The van der Waals surface area contributed by atoms with Crippen LogP contribution in [0, 0.1) is 5.82 Å². The third kappa shape index (κ3) is 6.03. The van der Waals surface area contributed by atoms with E-state index in [4.69, 9.17) is 9.47 Å². The quantitative estimate of drug-likeness (QED) is 0.481. The van der Waals surface area contributed by atoms with Crippen molar-refractivity contribution in [2.75, 3.05) is 63.7 Å². The van der Waals surface area contributed by atoms with Gasteiger partial charge in [0.1, 0.15) is 5.82 Å². The number of likely N-dealkylation sites (N-methyl/N-ethyl adjacent to an activating group) is 1. The Balaban J connectivity index is 1.59. The Morgan fingerprint density at radius 1 is 1.06 bits per heavy atom. The van der Waals surface area contributed by atoms with Crippen LogP contribution in [0.25, 0.3) is 0 Å². The van der Waals surface area contributed by atoms with E-state index in [1.807, 2.05) is 37.3 Å². The lowest BCUT2D eigenvalue weighted by atomic mass is 10.1. The summed E-state index contributed by atoms with van der Waals surface area (Å²) in [5, 5.41) is 6.47. The van der Waals surface area contributed by atoms with Gasteiger partial charge in [-0.05, 0) is 43.3 Å². The summed E-state index contributed by atoms with van der Waals surface area (Å²) in [6, 6.07) is 11.0. The molecule has 2 aromatic rings. The maximum atomic E-state index is 14.8. The maximum Gasteiger partial charge on any atom is 0.195 e. The van der Waals surface area contributed by atoms with Crippen molar-refractivity contribution in [3.8, 4) is 11.5 Å². The summed E-state index contributed by atoms with van der Waals surface area (Å²) >= 11 is 0. The Morgan fingerprint density at radius 2 is 1.84 bits per heavy atom. The number of rotatable bonds is 8. The van der Waals surface area contributed by atoms with Crippen LogP contribution < -0.4 is 25.0 Å². The lowest BCUT2D eigenvalue weighted by Gasteiger charge is -2.35. The van der Waals surface area contributed by atoms with Gasteiger partial charge in [-0.3, -0.25) is 4.99 Å². The molecule has 0 spiro atoms. The number of benzene rings is 2. The van der Waals surface area contributed by atoms with Crippen LogP contribution in [-0.4, -0.2) is 64.3 Å². The van der Waals surface area contributed by atoms with Crippen LogP contribution in [-0.2, 0) is 6.54 Å². The fourth-order valence-corrected chi connectivity index (χ4v) is 3.75. The van der Waals surface area contributed by atoms with E-state index >= 15 is 0 Å². The number of hydrogen-bond donors (Lipinski definition) is 2. The standard InChI is InChI=1S/C24H34FN5O2/c1-5-29-11-13-30(14-12-29)21-9-7-18(15-20(21)25)17-27-24(26-3)28-19-8-10-22(31-4)23(16-19)32-6-2/h7-10,15-16H,5-6,11-14,17H2,1-4H3,(H2,26,27,28). The predicted molar refractivity (Wildman–Crippen MR) is 129 cm³/mol. The van der Waals surface area contributed by atoms with Crippen molar-refractivity contribution >= 4 is 17.3 Å². The van der Waals surface area contributed by atoms with Gasteiger partial charge < -0.3 is 29.9 Å². The summed E-state index contributed by atoms with van der Waals surface area (Å²) in [5.74, 6) is 1.73. The molecule has 1 saturated heterocycles. The van der Waals surface area contributed by atoms with Crippen LogP contribution in [0.5, 0.6) is 11.5 Å². The van der Waals surface area contributed by atoms with Gasteiger partial charge in [-0.1, -0.05) is 13.0 Å². The average molecular weight is 444 g/mol. The largest absolute Gasteiger partial charge is 0.493 e. The molecule has 0 amide bonds. The molecular weight excluding hydrogens is 409 g/mol. The van der Waals surface area contributed by atoms with Gasteiger partial charge >= 0.3 is 0 Å². The first kappa shape index (κ1) is 23.7. The van der Waals surface area contributed by atoms with Crippen molar-refractivity contribution in [3.63, 3.8) is 0 Å². The highest BCUT2D eigenvalue weighted by atomic mass is 19.1. The van der Waals surface area contributed by atoms with E-state index in [2.05, 4.69) is 32.3 Å². The molecule has 174 valence electrons. The molecule has 8 heteroatoms. The van der Waals surface area contributed by atoms with E-state index in [1.54, 1.807) is 20.2 Å². The zero-order valence-electron chi connectivity index (χ0n) is 19.4. The van der Waals surface area contributed by atoms with E-state index in [9.17, 15) is 4.39 Å². The van der Waals surface area contributed by atoms with Gasteiger partial charge in [-0.15, -0.1) is 0 Å². The first-order chi connectivity index (χ1) is 15.6. The Hall–Kier alpha value is -3.00. The normalized spacial score (nSPS) is 14.9. The number of aliphatic imine (C=N–C) groups is 1. The third-order valence-corrected chi connectivity index (χ3v) is 5.58. The monoisotopic (exact) mass is 443 g/mol. The molecule has 32 heavy (non-hydrogen) atoms. The van der Waals surface area contributed by atoms with Crippen molar-refractivity contribution in [2.45, 2.75) is 20.4 Å². The van der Waals surface area contributed by atoms with Crippen LogP contribution in [0.4, 0.5) is 15.8 Å². The lowest BCUT2D eigenvalue weighted by Crippen LogP contribution is -2.46. The second-order valence-electron chi connectivity index (χ2n) is 7.56. The molecule has 0 aliphatic carbocycles. The number of nitrogens with zero attached hydrogens (tertiary/aromatic N) is 3. The average Bonchev–Trinajstić information content (AvgIpc) is 2.82. The van der Waals surface area contributed by atoms with Crippen LogP contribution >= 0.6 is 0 Å². The van der Waals surface area contributed by atoms with Crippen LogP contribution in [0.15, 0.2) is 41.4 Å². The summed E-state index contributed by atoms with van der Waals surface area (Å²) < 4.78 is 25.8. The van der Waals surface area contributed by atoms with Gasteiger partial charge in [0.15, 0.2) is 17.5 Å². The fourth-order valence-electron chi connectivity index (χ4n) is 3.75. The molecule has 3 rings (SSSR count). The SMILES string of the molecule is CCOc1cc(NC(=NC)NCc2ccc(N3CCN(CC)CC3)c(F)c2)ccc1OC. The second kappa shape index (κ2) is 11.6. The molecular formula is C24H34FN5O2. The zero-order valence-corrected chi connectivity index (χ0v) is 19.4. The summed E-state index contributed by atoms with van der Waals surface area (Å²) in [6.07, 6.45) is 0. The minimum Gasteiger partial charge on any atom is -0.493 e. The van der Waals surface area contributed by atoms with Crippen molar-refractivity contribution in [2.24, 2.45) is 4.99 Å². The first-order valence-corrected chi connectivity index (χ1v) is 11.1. The lowest BCUT2D eigenvalue weighted by molar-refractivity contribution is 0.270. The second-order valence-corrected chi connectivity index (χ2v) is 7.56. The number of guanidine groups is 1. The molecule has 1 aliphatic heterocycles. The highest BCUT2D eigenvalue weighted by Gasteiger charge is 2.18. The van der Waals surface area contributed by atoms with Gasteiger partial charge in [0.05, 0.1) is 19.4 Å². The van der Waals surface area contributed by atoms with Crippen LogP contribution in [0.2, 0.25) is 0 Å². The van der Waals surface area contributed by atoms with Gasteiger partial charge in [0.25, 0.3) is 0 Å². The molecule has 0 bridgehead atoms. The summed E-state index contributed by atoms with van der Waals surface area (Å²) in [6.45, 7) is 9.77. The third-order valence-electron chi connectivity index (χ3n) is 5.58. The zero-order chi connectivity index (χ0) is 22.9. The van der Waals surface area contributed by atoms with E-state index in [1.165, 1.54) is 0 Å². The van der Waals surface area contributed by atoms with Crippen molar-refractivity contribution in [3.05, 3.63) is 47.8 Å². The van der Waals surface area contributed by atoms with E-state index < -0.39 is 0 Å². The smallest absolute Gasteiger partial charge is 0.195 e. The van der Waals surface area contributed by atoms with E-state index in [0.29, 0.717) is 36.3 Å². The first-order valence-electron chi connectivity index (χ1n) is 11.1.